The quantitative estimate of drug-likeness (QED) is 0.193. The van der Waals surface area contributed by atoms with Gasteiger partial charge in [0.25, 0.3) is 0 Å². The summed E-state index contributed by atoms with van der Waals surface area (Å²) in [6, 6.07) is 47.9. The molecule has 0 saturated carbocycles. The third-order valence-electron chi connectivity index (χ3n) is 10.2. The highest BCUT2D eigenvalue weighted by Crippen LogP contribution is 2.52. The SMILES string of the molecule is CC1(C)c2ccccc2-c2ccc(-c3c4ccccc4c(N4CCCc5ccccc54)c4ccccc34)c3cccc1c23. The maximum Gasteiger partial charge on any atom is 0.0570 e. The Hall–Kier alpha value is -4.88. The molecule has 206 valence electrons. The number of nitrogens with zero attached hydrogens (tertiary/aromatic N) is 1. The molecule has 43 heavy (non-hydrogen) atoms. The maximum absolute atomic E-state index is 2.59. The molecule has 0 aromatic heterocycles. The highest BCUT2D eigenvalue weighted by atomic mass is 15.1. The molecular weight excluding hydrogens is 518 g/mol. The molecule has 7 aromatic carbocycles. The molecule has 0 saturated heterocycles. The van der Waals surface area contributed by atoms with E-state index < -0.39 is 0 Å². The van der Waals surface area contributed by atoms with Crippen molar-refractivity contribution in [2.45, 2.75) is 32.1 Å². The van der Waals surface area contributed by atoms with Crippen LogP contribution in [0.3, 0.4) is 0 Å². The van der Waals surface area contributed by atoms with E-state index in [9.17, 15) is 0 Å². The molecule has 0 radical (unpaired) electrons. The molecule has 0 spiro atoms. The summed E-state index contributed by atoms with van der Waals surface area (Å²) in [5.74, 6) is 0. The summed E-state index contributed by atoms with van der Waals surface area (Å²) in [4.78, 5) is 2.59. The van der Waals surface area contributed by atoms with Gasteiger partial charge in [-0.05, 0) is 79.4 Å². The minimum absolute atomic E-state index is 0.0721. The molecule has 1 nitrogen and oxygen atoms in total. The summed E-state index contributed by atoms with van der Waals surface area (Å²) < 4.78 is 0. The van der Waals surface area contributed by atoms with Gasteiger partial charge >= 0.3 is 0 Å². The van der Waals surface area contributed by atoms with Crippen molar-refractivity contribution in [3.63, 3.8) is 0 Å². The Morgan fingerprint density at radius 3 is 1.91 bits per heavy atom. The largest absolute Gasteiger partial charge is 0.340 e. The van der Waals surface area contributed by atoms with E-state index in [0.717, 1.165) is 19.4 Å². The number of fused-ring (bicyclic) bond motifs is 5. The van der Waals surface area contributed by atoms with Gasteiger partial charge in [-0.25, -0.2) is 0 Å². The Morgan fingerprint density at radius 1 is 0.512 bits per heavy atom. The summed E-state index contributed by atoms with van der Waals surface area (Å²) in [5, 5.41) is 8.00. The third kappa shape index (κ3) is 3.40. The van der Waals surface area contributed by atoms with Gasteiger partial charge in [0.05, 0.1) is 5.69 Å². The lowest BCUT2D eigenvalue weighted by molar-refractivity contribution is 0.645. The average Bonchev–Trinajstić information content (AvgIpc) is 3.06. The molecule has 0 amide bonds. The smallest absolute Gasteiger partial charge is 0.0570 e. The second kappa shape index (κ2) is 9.06. The standard InChI is InChI=1S/C42H33N/c1-42(2)36-21-9-8-15-28(36)32-24-25-33(29-20-11-22-37(42)40(29)32)39-30-16-4-6-18-34(30)41(35-19-7-5-17-31(35)39)43-26-12-14-27-13-3-10-23-38(27)43/h3-11,13,15-25H,12,14,26H2,1-2H3. The second-order valence-corrected chi connectivity index (χ2v) is 12.8. The van der Waals surface area contributed by atoms with E-state index in [0.29, 0.717) is 0 Å². The number of anilines is 2. The maximum atomic E-state index is 2.59. The Kier molecular flexibility index (Phi) is 5.20. The van der Waals surface area contributed by atoms with Crippen molar-refractivity contribution in [2.75, 3.05) is 11.4 Å². The molecular formula is C42H33N. The van der Waals surface area contributed by atoms with Gasteiger partial charge in [-0.15, -0.1) is 0 Å². The number of hydrogen-bond acceptors (Lipinski definition) is 1. The Balaban J connectivity index is 1.40. The number of para-hydroxylation sites is 1. The van der Waals surface area contributed by atoms with Crippen molar-refractivity contribution in [3.05, 3.63) is 144 Å². The molecule has 0 N–H and O–H groups in total. The first kappa shape index (κ1) is 24.7. The fourth-order valence-electron chi connectivity index (χ4n) is 8.23. The highest BCUT2D eigenvalue weighted by molar-refractivity contribution is 6.24. The Morgan fingerprint density at radius 2 is 1.12 bits per heavy atom. The van der Waals surface area contributed by atoms with E-state index in [2.05, 4.69) is 146 Å². The molecule has 0 fully saturated rings. The lowest BCUT2D eigenvalue weighted by atomic mass is 9.68. The van der Waals surface area contributed by atoms with E-state index >= 15 is 0 Å². The van der Waals surface area contributed by atoms with E-state index in [-0.39, 0.29) is 5.41 Å². The van der Waals surface area contributed by atoms with Crippen LogP contribution in [0.15, 0.2) is 127 Å². The average molecular weight is 552 g/mol. The van der Waals surface area contributed by atoms with E-state index in [4.69, 9.17) is 0 Å². The van der Waals surface area contributed by atoms with Crippen LogP contribution in [-0.4, -0.2) is 6.54 Å². The van der Waals surface area contributed by atoms with Crippen molar-refractivity contribution >= 4 is 43.7 Å². The molecule has 0 bridgehead atoms. The zero-order chi connectivity index (χ0) is 28.7. The van der Waals surface area contributed by atoms with Crippen LogP contribution in [0, 0.1) is 0 Å². The second-order valence-electron chi connectivity index (χ2n) is 12.8. The van der Waals surface area contributed by atoms with Crippen LogP contribution >= 0.6 is 0 Å². The molecule has 7 aromatic rings. The fourth-order valence-corrected chi connectivity index (χ4v) is 8.23. The van der Waals surface area contributed by atoms with Crippen LogP contribution in [0.1, 0.15) is 37.0 Å². The van der Waals surface area contributed by atoms with Gasteiger partial charge in [-0.3, -0.25) is 0 Å². The molecule has 0 atom stereocenters. The van der Waals surface area contributed by atoms with Gasteiger partial charge in [0.2, 0.25) is 0 Å². The van der Waals surface area contributed by atoms with Crippen LogP contribution in [0.2, 0.25) is 0 Å². The third-order valence-corrected chi connectivity index (χ3v) is 10.2. The van der Waals surface area contributed by atoms with Crippen molar-refractivity contribution in [2.24, 2.45) is 0 Å². The predicted octanol–water partition coefficient (Wildman–Crippen LogP) is 11.2. The van der Waals surface area contributed by atoms with Gasteiger partial charge in [0.15, 0.2) is 0 Å². The fraction of sp³-hybridized carbons (Fsp3) is 0.143. The van der Waals surface area contributed by atoms with Gasteiger partial charge < -0.3 is 4.90 Å². The molecule has 9 rings (SSSR count). The molecule has 1 heterocycles. The molecule has 1 aliphatic carbocycles. The van der Waals surface area contributed by atoms with Crippen LogP contribution in [0.4, 0.5) is 11.4 Å². The van der Waals surface area contributed by atoms with Gasteiger partial charge in [0.1, 0.15) is 0 Å². The van der Waals surface area contributed by atoms with Gasteiger partial charge in [-0.1, -0.05) is 135 Å². The van der Waals surface area contributed by atoms with Crippen molar-refractivity contribution in [3.8, 4) is 22.3 Å². The van der Waals surface area contributed by atoms with Gasteiger partial charge in [0, 0.05) is 28.4 Å². The van der Waals surface area contributed by atoms with Crippen molar-refractivity contribution < 1.29 is 0 Å². The van der Waals surface area contributed by atoms with Crippen LogP contribution < -0.4 is 4.90 Å². The minimum Gasteiger partial charge on any atom is -0.340 e. The summed E-state index contributed by atoms with van der Waals surface area (Å²) in [5.41, 5.74) is 12.2. The topological polar surface area (TPSA) is 3.24 Å². The van der Waals surface area contributed by atoms with Crippen LogP contribution in [-0.2, 0) is 11.8 Å². The highest BCUT2D eigenvalue weighted by Gasteiger charge is 2.34. The number of hydrogen-bond donors (Lipinski definition) is 0. The number of rotatable bonds is 2. The van der Waals surface area contributed by atoms with Crippen LogP contribution in [0.25, 0.3) is 54.6 Å². The molecule has 2 aliphatic rings. The van der Waals surface area contributed by atoms with E-state index in [1.165, 1.54) is 82.6 Å². The minimum atomic E-state index is -0.0721. The Labute approximate surface area is 253 Å². The van der Waals surface area contributed by atoms with Crippen molar-refractivity contribution in [1.82, 2.24) is 0 Å². The summed E-state index contributed by atoms with van der Waals surface area (Å²) in [7, 11) is 0. The zero-order valence-corrected chi connectivity index (χ0v) is 24.7. The van der Waals surface area contributed by atoms with Crippen LogP contribution in [0.5, 0.6) is 0 Å². The first-order chi connectivity index (χ1) is 21.1. The number of aryl methyl sites for hydroxylation is 1. The molecule has 1 heteroatoms. The zero-order valence-electron chi connectivity index (χ0n) is 24.7. The van der Waals surface area contributed by atoms with E-state index in [1.54, 1.807) is 0 Å². The normalized spacial score (nSPS) is 15.1. The lowest BCUT2D eigenvalue weighted by Gasteiger charge is -2.36. The monoisotopic (exact) mass is 551 g/mol. The molecule has 1 aliphatic heterocycles. The number of benzene rings is 7. The van der Waals surface area contributed by atoms with Gasteiger partial charge in [-0.2, -0.15) is 0 Å². The predicted molar refractivity (Wildman–Crippen MR) is 184 cm³/mol. The Bertz CT molecular complexity index is 2200. The summed E-state index contributed by atoms with van der Waals surface area (Å²) in [6.45, 7) is 5.79. The first-order valence-corrected chi connectivity index (χ1v) is 15.6. The van der Waals surface area contributed by atoms with Crippen molar-refractivity contribution in [1.29, 1.82) is 0 Å². The molecule has 0 unspecified atom stereocenters. The van der Waals surface area contributed by atoms with E-state index in [1.807, 2.05) is 0 Å². The lowest BCUT2D eigenvalue weighted by Crippen LogP contribution is -2.25. The first-order valence-electron chi connectivity index (χ1n) is 15.6. The summed E-state index contributed by atoms with van der Waals surface area (Å²) >= 11 is 0. The summed E-state index contributed by atoms with van der Waals surface area (Å²) in [6.07, 6.45) is 2.30.